The maximum atomic E-state index is 13.1. The molecule has 0 unspecified atom stereocenters. The zero-order chi connectivity index (χ0) is 25.7. The molecular formula is C28H32N2O6. The molecule has 2 aromatic rings. The standard InChI is InChI=1S/C28H32N2O6/c1-27(2,3)36-26(34)29-13-12-28(24(31)32)17-30(15-18(28)14-29)25(33)35-16-23-21-10-6-4-8-19(21)20-9-5-7-11-22(20)23/h4-11,18,23H,12-17H2,1-3H3,(H,31,32)/t18-,28-/m1/s1. The van der Waals surface area contributed by atoms with E-state index >= 15 is 0 Å². The van der Waals surface area contributed by atoms with E-state index in [2.05, 4.69) is 24.3 Å². The Balaban J connectivity index is 1.28. The summed E-state index contributed by atoms with van der Waals surface area (Å²) >= 11 is 0. The van der Waals surface area contributed by atoms with Gasteiger partial charge in [0.05, 0.1) is 5.41 Å². The number of hydrogen-bond acceptors (Lipinski definition) is 5. The number of likely N-dealkylation sites (tertiary alicyclic amines) is 2. The SMILES string of the molecule is CC(C)(C)OC(=O)N1CC[C@@]2(C(=O)O)CN(C(=O)OCC3c4ccccc4-c4ccccc43)C[C@H]2C1. The van der Waals surface area contributed by atoms with Gasteiger partial charge in [-0.05, 0) is 49.4 Å². The number of amides is 2. The highest BCUT2D eigenvalue weighted by atomic mass is 16.6. The first-order valence-corrected chi connectivity index (χ1v) is 12.4. The second-order valence-corrected chi connectivity index (χ2v) is 11.0. The molecule has 2 fully saturated rings. The molecule has 1 aliphatic carbocycles. The second kappa shape index (κ2) is 8.84. The van der Waals surface area contributed by atoms with Gasteiger partial charge >= 0.3 is 18.2 Å². The van der Waals surface area contributed by atoms with E-state index in [9.17, 15) is 19.5 Å². The molecule has 3 aliphatic rings. The van der Waals surface area contributed by atoms with Gasteiger partial charge in [0.2, 0.25) is 0 Å². The van der Waals surface area contributed by atoms with E-state index in [1.165, 1.54) is 4.90 Å². The number of nitrogens with zero attached hydrogens (tertiary/aromatic N) is 2. The summed E-state index contributed by atoms with van der Waals surface area (Å²) < 4.78 is 11.3. The molecule has 8 nitrogen and oxygen atoms in total. The van der Waals surface area contributed by atoms with Gasteiger partial charge in [-0.3, -0.25) is 4.79 Å². The fourth-order valence-corrected chi connectivity index (χ4v) is 5.85. The lowest BCUT2D eigenvalue weighted by Crippen LogP contribution is -2.53. The Morgan fingerprint density at radius 3 is 2.11 bits per heavy atom. The van der Waals surface area contributed by atoms with E-state index in [1.807, 2.05) is 24.3 Å². The van der Waals surface area contributed by atoms with Crippen LogP contribution in [0.25, 0.3) is 11.1 Å². The highest BCUT2D eigenvalue weighted by molar-refractivity contribution is 5.80. The third kappa shape index (κ3) is 4.18. The van der Waals surface area contributed by atoms with Crippen molar-refractivity contribution in [1.29, 1.82) is 0 Å². The summed E-state index contributed by atoms with van der Waals surface area (Å²) in [4.78, 5) is 41.1. The van der Waals surface area contributed by atoms with Crippen LogP contribution >= 0.6 is 0 Å². The lowest BCUT2D eigenvalue weighted by Gasteiger charge is -2.40. The van der Waals surface area contributed by atoms with Gasteiger partial charge < -0.3 is 24.4 Å². The molecule has 0 spiro atoms. The number of ether oxygens (including phenoxy) is 2. The van der Waals surface area contributed by atoms with Crippen molar-refractivity contribution >= 4 is 18.2 Å². The van der Waals surface area contributed by atoms with Crippen LogP contribution in [-0.2, 0) is 14.3 Å². The van der Waals surface area contributed by atoms with Crippen LogP contribution in [0.3, 0.4) is 0 Å². The maximum Gasteiger partial charge on any atom is 0.410 e. The van der Waals surface area contributed by atoms with Crippen molar-refractivity contribution in [3.63, 3.8) is 0 Å². The van der Waals surface area contributed by atoms with Gasteiger partial charge in [-0.2, -0.15) is 0 Å². The largest absolute Gasteiger partial charge is 0.481 e. The molecule has 0 aromatic heterocycles. The lowest BCUT2D eigenvalue weighted by molar-refractivity contribution is -0.153. The number of fused-ring (bicyclic) bond motifs is 4. The van der Waals surface area contributed by atoms with Crippen LogP contribution < -0.4 is 0 Å². The van der Waals surface area contributed by atoms with Crippen LogP contribution in [0, 0.1) is 11.3 Å². The third-order valence-electron chi connectivity index (χ3n) is 7.64. The molecule has 190 valence electrons. The molecule has 2 amide bonds. The number of carboxylic acid groups (broad SMARTS) is 1. The Labute approximate surface area is 210 Å². The summed E-state index contributed by atoms with van der Waals surface area (Å²) in [7, 11) is 0. The van der Waals surface area contributed by atoms with Crippen LogP contribution in [0.4, 0.5) is 9.59 Å². The lowest BCUT2D eigenvalue weighted by atomic mass is 9.72. The molecule has 0 radical (unpaired) electrons. The van der Waals surface area contributed by atoms with E-state index in [0.29, 0.717) is 0 Å². The first-order valence-electron chi connectivity index (χ1n) is 12.4. The first-order chi connectivity index (χ1) is 17.1. The molecule has 36 heavy (non-hydrogen) atoms. The third-order valence-corrected chi connectivity index (χ3v) is 7.64. The maximum absolute atomic E-state index is 13.1. The van der Waals surface area contributed by atoms with Gasteiger partial charge in [0, 0.05) is 38.0 Å². The minimum Gasteiger partial charge on any atom is -0.481 e. The van der Waals surface area contributed by atoms with Gasteiger partial charge in [0.15, 0.2) is 0 Å². The van der Waals surface area contributed by atoms with Crippen LogP contribution in [-0.4, -0.2) is 71.4 Å². The van der Waals surface area contributed by atoms with E-state index in [4.69, 9.17) is 9.47 Å². The van der Waals surface area contributed by atoms with Gasteiger partial charge in [0.1, 0.15) is 12.2 Å². The number of rotatable bonds is 3. The Morgan fingerprint density at radius 1 is 0.944 bits per heavy atom. The Morgan fingerprint density at radius 2 is 1.53 bits per heavy atom. The summed E-state index contributed by atoms with van der Waals surface area (Å²) in [5.41, 5.74) is 2.81. The number of piperidine rings is 1. The van der Waals surface area contributed by atoms with Gasteiger partial charge in [-0.25, -0.2) is 9.59 Å². The average molecular weight is 493 g/mol. The minimum absolute atomic E-state index is 0.0673. The smallest absolute Gasteiger partial charge is 0.410 e. The highest BCUT2D eigenvalue weighted by Crippen LogP contribution is 2.46. The molecule has 8 heteroatoms. The fraction of sp³-hybridized carbons (Fsp3) is 0.464. The second-order valence-electron chi connectivity index (χ2n) is 11.0. The summed E-state index contributed by atoms with van der Waals surface area (Å²) in [6, 6.07) is 16.2. The normalized spacial score (nSPS) is 23.0. The van der Waals surface area contributed by atoms with Crippen molar-refractivity contribution in [3.8, 4) is 11.1 Å². The van der Waals surface area contributed by atoms with Gasteiger partial charge in [-0.15, -0.1) is 0 Å². The first kappa shape index (κ1) is 24.2. The fourth-order valence-electron chi connectivity index (χ4n) is 5.85. The number of aliphatic carboxylic acids is 1. The summed E-state index contributed by atoms with van der Waals surface area (Å²) in [6.07, 6.45) is -0.712. The van der Waals surface area contributed by atoms with Crippen molar-refractivity contribution in [2.75, 3.05) is 32.8 Å². The van der Waals surface area contributed by atoms with E-state index in [-0.39, 0.29) is 45.1 Å². The molecule has 0 bridgehead atoms. The average Bonchev–Trinajstić information content (AvgIpc) is 3.38. The van der Waals surface area contributed by atoms with E-state index < -0.39 is 35.1 Å². The molecule has 0 saturated carbocycles. The molecule has 2 atom stereocenters. The molecule has 2 heterocycles. The van der Waals surface area contributed by atoms with E-state index in [0.717, 1.165) is 22.3 Å². The van der Waals surface area contributed by atoms with Crippen LogP contribution in [0.2, 0.25) is 0 Å². The molecule has 2 saturated heterocycles. The summed E-state index contributed by atoms with van der Waals surface area (Å²) in [5.74, 6) is -1.40. The minimum atomic E-state index is -1.09. The predicted molar refractivity (Wildman–Crippen MR) is 133 cm³/mol. The Bertz CT molecular complexity index is 1160. The molecule has 5 rings (SSSR count). The number of benzene rings is 2. The Kier molecular flexibility index (Phi) is 5.93. The number of carbonyl (C=O) groups excluding carboxylic acids is 2. The van der Waals surface area contributed by atoms with Gasteiger partial charge in [-0.1, -0.05) is 48.5 Å². The quantitative estimate of drug-likeness (QED) is 0.674. The van der Waals surface area contributed by atoms with Crippen molar-refractivity contribution < 1.29 is 29.0 Å². The van der Waals surface area contributed by atoms with Crippen molar-refractivity contribution in [2.45, 2.75) is 38.7 Å². The Hall–Kier alpha value is -3.55. The zero-order valence-corrected chi connectivity index (χ0v) is 20.9. The molecule has 2 aliphatic heterocycles. The molecular weight excluding hydrogens is 460 g/mol. The van der Waals surface area contributed by atoms with Crippen molar-refractivity contribution in [3.05, 3.63) is 59.7 Å². The highest BCUT2D eigenvalue weighted by Gasteiger charge is 2.57. The van der Waals surface area contributed by atoms with Crippen molar-refractivity contribution in [1.82, 2.24) is 9.80 Å². The van der Waals surface area contributed by atoms with Crippen LogP contribution in [0.15, 0.2) is 48.5 Å². The number of carbonyl (C=O) groups is 3. The summed E-state index contributed by atoms with van der Waals surface area (Å²) in [6.45, 7) is 6.37. The topological polar surface area (TPSA) is 96.4 Å². The monoisotopic (exact) mass is 492 g/mol. The van der Waals surface area contributed by atoms with Crippen LogP contribution in [0.1, 0.15) is 44.2 Å². The zero-order valence-electron chi connectivity index (χ0n) is 20.9. The molecule has 2 aromatic carbocycles. The van der Waals surface area contributed by atoms with Gasteiger partial charge in [0.25, 0.3) is 0 Å². The van der Waals surface area contributed by atoms with Crippen molar-refractivity contribution in [2.24, 2.45) is 11.3 Å². The van der Waals surface area contributed by atoms with E-state index in [1.54, 1.807) is 25.7 Å². The summed E-state index contributed by atoms with van der Waals surface area (Å²) in [5, 5.41) is 10.1. The number of hydrogen-bond donors (Lipinski definition) is 1. The molecule has 1 N–H and O–H groups in total. The predicted octanol–water partition coefficient (Wildman–Crippen LogP) is 4.58. The van der Waals surface area contributed by atoms with Crippen LogP contribution in [0.5, 0.6) is 0 Å². The number of carboxylic acids is 1.